The highest BCUT2D eigenvalue weighted by Gasteiger charge is 2.24. The van der Waals surface area contributed by atoms with E-state index in [0.29, 0.717) is 11.8 Å². The van der Waals surface area contributed by atoms with E-state index < -0.39 is 34.5 Å². The van der Waals surface area contributed by atoms with Crippen molar-refractivity contribution in [2.75, 3.05) is 5.75 Å². The van der Waals surface area contributed by atoms with Crippen LogP contribution in [0.4, 0.5) is 13.6 Å². The minimum absolute atomic E-state index is 0.00515. The van der Waals surface area contributed by atoms with E-state index in [-0.39, 0.29) is 34.6 Å². The van der Waals surface area contributed by atoms with Gasteiger partial charge in [-0.3, -0.25) is 4.79 Å². The molecule has 2 aromatic rings. The third kappa shape index (κ3) is 6.84. The molecule has 0 amide bonds. The van der Waals surface area contributed by atoms with Crippen LogP contribution < -0.4 is 4.74 Å². The Balaban J connectivity index is 2.37. The molecule has 0 heterocycles. The van der Waals surface area contributed by atoms with Gasteiger partial charge in [0.15, 0.2) is 0 Å². The molecule has 0 aliphatic carbocycles. The van der Waals surface area contributed by atoms with Gasteiger partial charge in [-0.25, -0.2) is 18.4 Å². The minimum Gasteiger partial charge on any atom is -0.481 e. The molecule has 30 heavy (non-hydrogen) atoms. The first-order chi connectivity index (χ1) is 14.0. The third-order valence-electron chi connectivity index (χ3n) is 3.57. The molecule has 0 aliphatic heterocycles. The summed E-state index contributed by atoms with van der Waals surface area (Å²) in [6, 6.07) is 7.02. The van der Waals surface area contributed by atoms with Gasteiger partial charge in [0.25, 0.3) is 0 Å². The van der Waals surface area contributed by atoms with E-state index in [1.807, 2.05) is 0 Å². The summed E-state index contributed by atoms with van der Waals surface area (Å²) >= 11 is 0.642. The van der Waals surface area contributed by atoms with Gasteiger partial charge < -0.3 is 14.6 Å². The van der Waals surface area contributed by atoms with Crippen LogP contribution in [0.15, 0.2) is 36.4 Å². The lowest BCUT2D eigenvalue weighted by atomic mass is 10.0. The van der Waals surface area contributed by atoms with E-state index in [1.165, 1.54) is 24.3 Å². The normalized spacial score (nSPS) is 11.1. The maximum Gasteiger partial charge on any atom is 0.372 e. The Morgan fingerprint density at radius 1 is 1.07 bits per heavy atom. The zero-order valence-corrected chi connectivity index (χ0v) is 17.3. The lowest BCUT2D eigenvalue weighted by molar-refractivity contribution is -0.136. The number of hydrogen-bond acceptors (Lipinski definition) is 6. The Labute approximate surface area is 176 Å². The molecule has 0 aromatic heterocycles. The SMILES string of the molecule is CC(C)(C)OC(=O)c1cc(-c2ccc(F)cc2F)ccc1OC(=O)SCCC(=O)O. The maximum atomic E-state index is 14.2. The van der Waals surface area contributed by atoms with Crippen molar-refractivity contribution >= 4 is 29.0 Å². The quantitative estimate of drug-likeness (QED) is 0.613. The van der Waals surface area contributed by atoms with Gasteiger partial charge in [-0.05, 0) is 62.4 Å². The van der Waals surface area contributed by atoms with Crippen LogP contribution in [0.2, 0.25) is 0 Å². The number of carbonyl (C=O) groups is 3. The van der Waals surface area contributed by atoms with Gasteiger partial charge in [0.2, 0.25) is 0 Å². The monoisotopic (exact) mass is 438 g/mol. The first-order valence-electron chi connectivity index (χ1n) is 8.85. The molecule has 2 rings (SSSR count). The Bertz CT molecular complexity index is 968. The first-order valence-corrected chi connectivity index (χ1v) is 9.84. The van der Waals surface area contributed by atoms with Crippen molar-refractivity contribution < 1.29 is 37.7 Å². The van der Waals surface area contributed by atoms with E-state index in [0.717, 1.165) is 12.1 Å². The minimum atomic E-state index is -1.06. The van der Waals surface area contributed by atoms with Crippen molar-refractivity contribution in [1.29, 1.82) is 0 Å². The molecular formula is C21H20F2O6S. The molecule has 0 aliphatic rings. The summed E-state index contributed by atoms with van der Waals surface area (Å²) in [5, 5.41) is 7.83. The average Bonchev–Trinajstić information content (AvgIpc) is 2.60. The van der Waals surface area contributed by atoms with Crippen LogP contribution in [0.5, 0.6) is 5.75 Å². The summed E-state index contributed by atoms with van der Waals surface area (Å²) in [6.45, 7) is 4.96. The standard InChI is InChI=1S/C21H20F2O6S/c1-21(2,3)29-19(26)15-10-12(14-6-5-13(22)11-16(14)23)4-7-17(15)28-20(27)30-9-8-18(24)25/h4-7,10-11H,8-9H2,1-3H3,(H,24,25). The summed E-state index contributed by atoms with van der Waals surface area (Å²) in [7, 11) is 0. The van der Waals surface area contributed by atoms with Gasteiger partial charge in [0.05, 0.1) is 6.42 Å². The zero-order chi connectivity index (χ0) is 22.5. The number of thioether (sulfide) groups is 1. The highest BCUT2D eigenvalue weighted by Crippen LogP contribution is 2.31. The fraction of sp³-hybridized carbons (Fsp3) is 0.286. The maximum absolute atomic E-state index is 14.2. The van der Waals surface area contributed by atoms with E-state index in [9.17, 15) is 23.2 Å². The number of aliphatic carboxylic acids is 1. The highest BCUT2D eigenvalue weighted by atomic mass is 32.2. The Morgan fingerprint density at radius 2 is 1.77 bits per heavy atom. The van der Waals surface area contributed by atoms with Crippen molar-refractivity contribution in [3.63, 3.8) is 0 Å². The zero-order valence-electron chi connectivity index (χ0n) is 16.5. The lowest BCUT2D eigenvalue weighted by Gasteiger charge is -2.20. The molecule has 1 N–H and O–H groups in total. The van der Waals surface area contributed by atoms with Crippen LogP contribution >= 0.6 is 11.8 Å². The topological polar surface area (TPSA) is 89.9 Å². The molecular weight excluding hydrogens is 418 g/mol. The second-order valence-corrected chi connectivity index (χ2v) is 8.21. The lowest BCUT2D eigenvalue weighted by Crippen LogP contribution is -2.24. The molecule has 0 atom stereocenters. The van der Waals surface area contributed by atoms with Crippen LogP contribution in [-0.4, -0.2) is 33.7 Å². The van der Waals surface area contributed by atoms with E-state index in [1.54, 1.807) is 20.8 Å². The summed E-state index contributed by atoms with van der Waals surface area (Å²) in [6.07, 6.45) is -0.235. The number of esters is 1. The molecule has 160 valence electrons. The van der Waals surface area contributed by atoms with Crippen LogP contribution in [0.25, 0.3) is 11.1 Å². The number of benzene rings is 2. The fourth-order valence-electron chi connectivity index (χ4n) is 2.34. The number of ether oxygens (including phenoxy) is 2. The van der Waals surface area contributed by atoms with Crippen LogP contribution in [0.1, 0.15) is 37.6 Å². The number of carboxylic acid groups (broad SMARTS) is 1. The molecule has 0 saturated carbocycles. The number of rotatable bonds is 6. The smallest absolute Gasteiger partial charge is 0.372 e. The molecule has 6 nitrogen and oxygen atoms in total. The van der Waals surface area contributed by atoms with E-state index in [2.05, 4.69) is 0 Å². The molecule has 9 heteroatoms. The number of halogens is 2. The van der Waals surface area contributed by atoms with Crippen molar-refractivity contribution in [1.82, 2.24) is 0 Å². The van der Waals surface area contributed by atoms with Crippen molar-refractivity contribution in [2.45, 2.75) is 32.8 Å². The van der Waals surface area contributed by atoms with Gasteiger partial charge in [-0.1, -0.05) is 6.07 Å². The Kier molecular flexibility index (Phi) is 7.55. The molecule has 2 aromatic carbocycles. The van der Waals surface area contributed by atoms with E-state index >= 15 is 0 Å². The molecule has 0 bridgehead atoms. The van der Waals surface area contributed by atoms with E-state index in [4.69, 9.17) is 14.6 Å². The molecule has 0 unspecified atom stereocenters. The van der Waals surface area contributed by atoms with Gasteiger partial charge in [-0.2, -0.15) is 0 Å². The van der Waals surface area contributed by atoms with Gasteiger partial charge >= 0.3 is 17.2 Å². The summed E-state index contributed by atoms with van der Waals surface area (Å²) in [4.78, 5) is 35.2. The van der Waals surface area contributed by atoms with Crippen molar-refractivity contribution in [3.05, 3.63) is 53.6 Å². The average molecular weight is 438 g/mol. The molecule has 0 spiro atoms. The number of carbonyl (C=O) groups excluding carboxylic acids is 2. The van der Waals surface area contributed by atoms with Gasteiger partial charge in [-0.15, -0.1) is 0 Å². The summed E-state index contributed by atoms with van der Waals surface area (Å²) in [5.41, 5.74) is -0.661. The van der Waals surface area contributed by atoms with Crippen molar-refractivity contribution in [3.8, 4) is 16.9 Å². The number of hydrogen-bond donors (Lipinski definition) is 1. The second kappa shape index (κ2) is 9.71. The predicted molar refractivity (Wildman–Crippen MR) is 108 cm³/mol. The Hall–Kier alpha value is -2.94. The molecule has 0 fully saturated rings. The second-order valence-electron chi connectivity index (χ2n) is 7.18. The largest absolute Gasteiger partial charge is 0.481 e. The fourth-order valence-corrected chi connectivity index (χ4v) is 2.94. The first kappa shape index (κ1) is 23.3. The molecule has 0 radical (unpaired) electrons. The van der Waals surface area contributed by atoms with Crippen molar-refractivity contribution in [2.24, 2.45) is 0 Å². The van der Waals surface area contributed by atoms with Gasteiger partial charge in [0, 0.05) is 17.4 Å². The summed E-state index contributed by atoms with van der Waals surface area (Å²) in [5.74, 6) is -3.55. The predicted octanol–water partition coefficient (Wildman–Crippen LogP) is 5.29. The van der Waals surface area contributed by atoms with Crippen LogP contribution in [-0.2, 0) is 9.53 Å². The number of carboxylic acids is 1. The van der Waals surface area contributed by atoms with Crippen LogP contribution in [0.3, 0.4) is 0 Å². The summed E-state index contributed by atoms with van der Waals surface area (Å²) < 4.78 is 37.9. The molecule has 0 saturated heterocycles. The Morgan fingerprint density at radius 3 is 2.37 bits per heavy atom. The highest BCUT2D eigenvalue weighted by molar-refractivity contribution is 8.13. The van der Waals surface area contributed by atoms with Crippen LogP contribution in [0, 0.1) is 11.6 Å². The van der Waals surface area contributed by atoms with Gasteiger partial charge in [0.1, 0.15) is 28.5 Å². The third-order valence-corrected chi connectivity index (χ3v) is 4.30.